The third-order valence-electron chi connectivity index (χ3n) is 6.46. The van der Waals surface area contributed by atoms with Gasteiger partial charge < -0.3 is 25.0 Å². The maximum atomic E-state index is 14.0. The minimum Gasteiger partial charge on any atom is -0.497 e. The number of aryl methyl sites for hydroxylation is 2. The van der Waals surface area contributed by atoms with E-state index in [0.717, 1.165) is 16.7 Å². The molecule has 0 bridgehead atoms. The van der Waals surface area contributed by atoms with Crippen LogP contribution in [0.15, 0.2) is 72.8 Å². The number of likely N-dealkylation sites (N-methyl/N-ethyl adjacent to an activating group) is 1. The van der Waals surface area contributed by atoms with Crippen molar-refractivity contribution < 1.29 is 23.9 Å². The summed E-state index contributed by atoms with van der Waals surface area (Å²) in [6.45, 7) is 9.21. The van der Waals surface area contributed by atoms with Gasteiger partial charge in [0.05, 0.1) is 7.11 Å². The van der Waals surface area contributed by atoms with E-state index in [4.69, 9.17) is 9.47 Å². The summed E-state index contributed by atoms with van der Waals surface area (Å²) in [4.78, 5) is 41.9. The van der Waals surface area contributed by atoms with Crippen LogP contribution >= 0.6 is 0 Å². The van der Waals surface area contributed by atoms with Crippen LogP contribution in [-0.4, -0.2) is 48.6 Å². The summed E-state index contributed by atoms with van der Waals surface area (Å²) < 4.78 is 10.7. The van der Waals surface area contributed by atoms with Crippen molar-refractivity contribution in [1.29, 1.82) is 0 Å². The number of methoxy groups -OCH3 is 1. The van der Waals surface area contributed by atoms with Gasteiger partial charge in [-0.1, -0.05) is 48.5 Å². The van der Waals surface area contributed by atoms with Gasteiger partial charge in [-0.3, -0.25) is 9.59 Å². The van der Waals surface area contributed by atoms with Crippen LogP contribution in [0.2, 0.25) is 0 Å². The molecule has 0 aromatic heterocycles. The van der Waals surface area contributed by atoms with Crippen molar-refractivity contribution in [2.75, 3.05) is 19.5 Å². The number of anilines is 1. The van der Waals surface area contributed by atoms with Crippen molar-refractivity contribution in [2.45, 2.75) is 58.7 Å². The normalized spacial score (nSPS) is 12.6. The predicted octanol–water partition coefficient (Wildman–Crippen LogP) is 5.59. The maximum absolute atomic E-state index is 14.0. The molecule has 0 aliphatic carbocycles. The first-order valence-corrected chi connectivity index (χ1v) is 13.2. The molecule has 0 fully saturated rings. The highest BCUT2D eigenvalue weighted by Gasteiger charge is 2.34. The number of hydrogen-bond donors (Lipinski definition) is 2. The number of rotatable bonds is 9. The van der Waals surface area contributed by atoms with Crippen molar-refractivity contribution in [3.05, 3.63) is 95.1 Å². The highest BCUT2D eigenvalue weighted by Crippen LogP contribution is 2.26. The molecule has 0 aliphatic heterocycles. The Morgan fingerprint density at radius 2 is 1.55 bits per heavy atom. The third-order valence-corrected chi connectivity index (χ3v) is 6.46. The van der Waals surface area contributed by atoms with E-state index in [-0.39, 0.29) is 12.3 Å². The van der Waals surface area contributed by atoms with Crippen LogP contribution in [0.3, 0.4) is 0 Å². The topological polar surface area (TPSA) is 97.0 Å². The molecular formula is C32H39N3O5. The number of benzene rings is 3. The standard InChI is InChI=1S/C32H39N3O5/c1-21-13-14-24(19-22(21)2)28(29(36)33-25-15-17-26(39-7)18-16-25)35(6)30(37)27(20-23-11-9-8-10-12-23)34-31(38)40-32(3,4)5/h8-19,27-28H,20H2,1-7H3,(H,33,36)(H,34,38). The molecule has 2 N–H and O–H groups in total. The molecule has 40 heavy (non-hydrogen) atoms. The van der Waals surface area contributed by atoms with Gasteiger partial charge in [0.25, 0.3) is 5.91 Å². The first-order valence-electron chi connectivity index (χ1n) is 13.2. The lowest BCUT2D eigenvalue weighted by molar-refractivity contribution is -0.139. The number of alkyl carbamates (subject to hydrolysis) is 1. The Balaban J connectivity index is 1.96. The fourth-order valence-electron chi connectivity index (χ4n) is 4.24. The lowest BCUT2D eigenvalue weighted by Crippen LogP contribution is -2.52. The molecule has 0 saturated carbocycles. The molecule has 3 aromatic rings. The van der Waals surface area contributed by atoms with Gasteiger partial charge in [-0.05, 0) is 81.1 Å². The fraction of sp³-hybridized carbons (Fsp3) is 0.344. The molecule has 2 unspecified atom stereocenters. The Morgan fingerprint density at radius 1 is 0.900 bits per heavy atom. The van der Waals surface area contributed by atoms with E-state index >= 15 is 0 Å². The monoisotopic (exact) mass is 545 g/mol. The Kier molecular flexibility index (Phi) is 9.93. The highest BCUT2D eigenvalue weighted by molar-refractivity contribution is 5.99. The molecule has 3 rings (SSSR count). The van der Waals surface area contributed by atoms with E-state index < -0.39 is 29.7 Å². The summed E-state index contributed by atoms with van der Waals surface area (Å²) in [5.41, 5.74) is 3.40. The van der Waals surface area contributed by atoms with E-state index in [2.05, 4.69) is 10.6 Å². The van der Waals surface area contributed by atoms with Gasteiger partial charge in [0.15, 0.2) is 0 Å². The first-order chi connectivity index (χ1) is 18.9. The number of ether oxygens (including phenoxy) is 2. The van der Waals surface area contributed by atoms with Crippen LogP contribution in [0.4, 0.5) is 10.5 Å². The minimum absolute atomic E-state index is 0.225. The summed E-state index contributed by atoms with van der Waals surface area (Å²) in [7, 11) is 3.14. The number of amides is 3. The zero-order valence-corrected chi connectivity index (χ0v) is 24.3. The summed E-state index contributed by atoms with van der Waals surface area (Å²) in [5, 5.41) is 5.65. The molecule has 0 spiro atoms. The molecule has 2 atom stereocenters. The molecule has 8 heteroatoms. The van der Waals surface area contributed by atoms with Gasteiger partial charge in [-0.2, -0.15) is 0 Å². The second-order valence-electron chi connectivity index (χ2n) is 10.8. The maximum Gasteiger partial charge on any atom is 0.408 e. The smallest absolute Gasteiger partial charge is 0.408 e. The van der Waals surface area contributed by atoms with Gasteiger partial charge in [-0.25, -0.2) is 4.79 Å². The van der Waals surface area contributed by atoms with E-state index in [9.17, 15) is 14.4 Å². The van der Waals surface area contributed by atoms with Crippen molar-refractivity contribution in [2.24, 2.45) is 0 Å². The van der Waals surface area contributed by atoms with Gasteiger partial charge in [0.2, 0.25) is 5.91 Å². The Bertz CT molecular complexity index is 1320. The van der Waals surface area contributed by atoms with Crippen LogP contribution < -0.4 is 15.4 Å². The second-order valence-corrected chi connectivity index (χ2v) is 10.8. The lowest BCUT2D eigenvalue weighted by atomic mass is 9.98. The van der Waals surface area contributed by atoms with E-state index in [1.165, 1.54) is 4.90 Å². The van der Waals surface area contributed by atoms with E-state index in [1.54, 1.807) is 59.2 Å². The van der Waals surface area contributed by atoms with Crippen molar-refractivity contribution in [3.8, 4) is 5.75 Å². The zero-order chi connectivity index (χ0) is 29.4. The van der Waals surface area contributed by atoms with Crippen molar-refractivity contribution in [3.63, 3.8) is 0 Å². The second kappa shape index (κ2) is 13.2. The molecular weight excluding hydrogens is 506 g/mol. The molecule has 212 valence electrons. The summed E-state index contributed by atoms with van der Waals surface area (Å²) in [6.07, 6.45) is -0.483. The predicted molar refractivity (Wildman–Crippen MR) is 156 cm³/mol. The van der Waals surface area contributed by atoms with Gasteiger partial charge in [0.1, 0.15) is 23.4 Å². The molecule has 8 nitrogen and oxygen atoms in total. The van der Waals surface area contributed by atoms with Crippen LogP contribution in [-0.2, 0) is 20.7 Å². The van der Waals surface area contributed by atoms with E-state index in [0.29, 0.717) is 17.0 Å². The van der Waals surface area contributed by atoms with Gasteiger partial charge in [-0.15, -0.1) is 0 Å². The van der Waals surface area contributed by atoms with Gasteiger partial charge >= 0.3 is 6.09 Å². The van der Waals surface area contributed by atoms with Gasteiger partial charge in [0, 0.05) is 19.2 Å². The summed E-state index contributed by atoms with van der Waals surface area (Å²) in [5.74, 6) is -0.157. The largest absolute Gasteiger partial charge is 0.497 e. The Hall–Kier alpha value is -4.33. The number of nitrogens with one attached hydrogen (secondary N) is 2. The molecule has 0 aliphatic rings. The molecule has 0 radical (unpaired) electrons. The number of nitrogens with zero attached hydrogens (tertiary/aromatic N) is 1. The molecule has 0 heterocycles. The van der Waals surface area contributed by atoms with Crippen molar-refractivity contribution in [1.82, 2.24) is 10.2 Å². The van der Waals surface area contributed by atoms with Crippen LogP contribution in [0, 0.1) is 13.8 Å². The van der Waals surface area contributed by atoms with E-state index in [1.807, 2.05) is 62.4 Å². The van der Waals surface area contributed by atoms with Crippen LogP contribution in [0.1, 0.15) is 49.1 Å². The average molecular weight is 546 g/mol. The number of carbonyl (C=O) groups is 3. The summed E-state index contributed by atoms with van der Waals surface area (Å²) in [6, 6.07) is 20.1. The minimum atomic E-state index is -0.968. The molecule has 0 saturated heterocycles. The van der Waals surface area contributed by atoms with Crippen LogP contribution in [0.25, 0.3) is 0 Å². The number of carbonyl (C=O) groups excluding carboxylic acids is 3. The first kappa shape index (κ1) is 30.2. The molecule has 3 amide bonds. The third kappa shape index (κ3) is 8.33. The quantitative estimate of drug-likeness (QED) is 0.366. The number of hydrogen-bond acceptors (Lipinski definition) is 5. The fourth-order valence-corrected chi connectivity index (χ4v) is 4.24. The average Bonchev–Trinajstić information content (AvgIpc) is 2.90. The Labute approximate surface area is 236 Å². The molecule has 3 aromatic carbocycles. The zero-order valence-electron chi connectivity index (χ0n) is 24.3. The Morgan fingerprint density at radius 3 is 2.12 bits per heavy atom. The summed E-state index contributed by atoms with van der Waals surface area (Å²) >= 11 is 0. The van der Waals surface area contributed by atoms with Crippen molar-refractivity contribution >= 4 is 23.6 Å². The highest BCUT2D eigenvalue weighted by atomic mass is 16.6. The SMILES string of the molecule is COc1ccc(NC(=O)C(c2ccc(C)c(C)c2)N(C)C(=O)C(Cc2ccccc2)NC(=O)OC(C)(C)C)cc1. The van der Waals surface area contributed by atoms with Crippen LogP contribution in [0.5, 0.6) is 5.75 Å². The lowest BCUT2D eigenvalue weighted by Gasteiger charge is -2.32.